The fourth-order valence-corrected chi connectivity index (χ4v) is 4.67. The highest BCUT2D eigenvalue weighted by Gasteiger charge is 2.43. The fourth-order valence-electron chi connectivity index (χ4n) is 4.48. The summed E-state index contributed by atoms with van der Waals surface area (Å²) in [5, 5.41) is 0.660. The number of morpholine rings is 1. The van der Waals surface area contributed by atoms with Crippen LogP contribution in [0.5, 0.6) is 0 Å². The van der Waals surface area contributed by atoms with Crippen molar-refractivity contribution in [2.45, 2.75) is 24.8 Å². The van der Waals surface area contributed by atoms with Crippen molar-refractivity contribution in [1.29, 1.82) is 0 Å². The molecule has 6 heteroatoms. The van der Waals surface area contributed by atoms with Crippen molar-refractivity contribution < 1.29 is 14.3 Å². The van der Waals surface area contributed by atoms with Crippen molar-refractivity contribution in [3.63, 3.8) is 0 Å². The Morgan fingerprint density at radius 2 is 1.70 bits per heavy atom. The van der Waals surface area contributed by atoms with Gasteiger partial charge in [-0.15, -0.1) is 0 Å². The first-order valence-electron chi connectivity index (χ1n) is 10.6. The summed E-state index contributed by atoms with van der Waals surface area (Å²) in [4.78, 5) is 17.8. The van der Waals surface area contributed by atoms with Crippen LogP contribution in [0.4, 0.5) is 5.69 Å². The van der Waals surface area contributed by atoms with Crippen LogP contribution in [0.2, 0.25) is 5.02 Å². The van der Waals surface area contributed by atoms with Crippen LogP contribution in [-0.2, 0) is 26.2 Å². The molecule has 4 rings (SSSR count). The van der Waals surface area contributed by atoms with Gasteiger partial charge in [-0.05, 0) is 48.2 Å². The lowest BCUT2D eigenvalue weighted by molar-refractivity contribution is -0.140. The zero-order valence-corrected chi connectivity index (χ0v) is 18.2. The molecule has 0 saturated carbocycles. The number of amides is 1. The van der Waals surface area contributed by atoms with Gasteiger partial charge in [-0.25, -0.2) is 0 Å². The number of nitrogens with zero attached hydrogens (tertiary/aromatic N) is 2. The van der Waals surface area contributed by atoms with Gasteiger partial charge in [0.05, 0.1) is 18.6 Å². The molecule has 2 heterocycles. The Labute approximate surface area is 183 Å². The average Bonchev–Trinajstić information content (AvgIpc) is 2.80. The number of hydrogen-bond donors (Lipinski definition) is 0. The van der Waals surface area contributed by atoms with E-state index >= 15 is 0 Å². The first kappa shape index (κ1) is 21.2. The van der Waals surface area contributed by atoms with Crippen molar-refractivity contribution in [2.75, 3.05) is 51.5 Å². The molecule has 0 bridgehead atoms. The molecule has 2 saturated heterocycles. The number of benzene rings is 2. The number of hydrogen-bond acceptors (Lipinski definition) is 4. The predicted octanol–water partition coefficient (Wildman–Crippen LogP) is 3.88. The second-order valence-corrected chi connectivity index (χ2v) is 8.57. The molecule has 2 fully saturated rings. The third-order valence-corrected chi connectivity index (χ3v) is 6.45. The van der Waals surface area contributed by atoms with E-state index in [0.29, 0.717) is 37.6 Å². The van der Waals surface area contributed by atoms with Crippen molar-refractivity contribution in [2.24, 2.45) is 0 Å². The Hall–Kier alpha value is -2.08. The lowest BCUT2D eigenvalue weighted by atomic mass is 9.73. The van der Waals surface area contributed by atoms with Gasteiger partial charge in [0.25, 0.3) is 0 Å². The van der Waals surface area contributed by atoms with Gasteiger partial charge < -0.3 is 19.3 Å². The van der Waals surface area contributed by atoms with E-state index < -0.39 is 5.41 Å². The number of halogens is 1. The summed E-state index contributed by atoms with van der Waals surface area (Å²) < 4.78 is 11.0. The van der Waals surface area contributed by atoms with Crippen LogP contribution in [0.15, 0.2) is 48.5 Å². The van der Waals surface area contributed by atoms with Crippen LogP contribution in [-0.4, -0.2) is 57.4 Å². The minimum Gasteiger partial charge on any atom is -0.381 e. The Balaban J connectivity index is 1.49. The lowest BCUT2D eigenvalue weighted by Crippen LogP contribution is -2.48. The maximum Gasteiger partial charge on any atom is 0.233 e. The predicted molar refractivity (Wildman–Crippen MR) is 119 cm³/mol. The van der Waals surface area contributed by atoms with Crippen LogP contribution in [0.3, 0.4) is 0 Å². The minimum atomic E-state index is -0.578. The summed E-state index contributed by atoms with van der Waals surface area (Å²) in [5.74, 6) is 0.130. The van der Waals surface area contributed by atoms with E-state index in [1.165, 1.54) is 5.69 Å². The first-order chi connectivity index (χ1) is 14.6. The molecule has 2 aliphatic heterocycles. The molecule has 0 aliphatic carbocycles. The molecule has 2 aromatic rings. The van der Waals surface area contributed by atoms with E-state index in [2.05, 4.69) is 29.2 Å². The number of rotatable bonds is 5. The largest absolute Gasteiger partial charge is 0.381 e. The standard InChI is InChI=1S/C24H29ClN2O3/c1-26(18-19-5-7-22(8-6-19)27-11-15-30-16-12-27)23(28)24(9-13-29-14-10-24)20-3-2-4-21(25)17-20/h2-8,17H,9-16,18H2,1H3. The highest BCUT2D eigenvalue weighted by atomic mass is 35.5. The summed E-state index contributed by atoms with van der Waals surface area (Å²) in [7, 11) is 1.89. The monoisotopic (exact) mass is 428 g/mol. The van der Waals surface area contributed by atoms with Gasteiger partial charge in [-0.1, -0.05) is 35.9 Å². The Kier molecular flexibility index (Phi) is 6.61. The Morgan fingerprint density at radius 1 is 1.03 bits per heavy atom. The topological polar surface area (TPSA) is 42.0 Å². The van der Waals surface area contributed by atoms with Crippen LogP contribution in [0.1, 0.15) is 24.0 Å². The number of carbonyl (C=O) groups is 1. The quantitative estimate of drug-likeness (QED) is 0.724. The first-order valence-corrected chi connectivity index (χ1v) is 11.0. The molecule has 2 aliphatic rings. The molecule has 30 heavy (non-hydrogen) atoms. The van der Waals surface area contributed by atoms with E-state index in [1.807, 2.05) is 36.2 Å². The van der Waals surface area contributed by atoms with Gasteiger partial charge in [0.1, 0.15) is 0 Å². The average molecular weight is 429 g/mol. The summed E-state index contributed by atoms with van der Waals surface area (Å²) >= 11 is 6.25. The summed E-state index contributed by atoms with van der Waals surface area (Å²) in [6, 6.07) is 16.2. The zero-order valence-electron chi connectivity index (χ0n) is 17.5. The molecule has 0 atom stereocenters. The zero-order chi connectivity index (χ0) is 21.0. The Morgan fingerprint density at radius 3 is 2.37 bits per heavy atom. The highest BCUT2D eigenvalue weighted by Crippen LogP contribution is 2.38. The van der Waals surface area contributed by atoms with E-state index in [4.69, 9.17) is 21.1 Å². The van der Waals surface area contributed by atoms with Gasteiger partial charge in [-0.3, -0.25) is 4.79 Å². The van der Waals surface area contributed by atoms with Crippen molar-refractivity contribution in [1.82, 2.24) is 4.90 Å². The summed E-state index contributed by atoms with van der Waals surface area (Å²) in [6.07, 6.45) is 1.35. The molecular formula is C24H29ClN2O3. The molecule has 0 N–H and O–H groups in total. The minimum absolute atomic E-state index is 0.130. The second-order valence-electron chi connectivity index (χ2n) is 8.13. The van der Waals surface area contributed by atoms with Crippen molar-refractivity contribution in [3.05, 3.63) is 64.7 Å². The molecule has 1 amide bonds. The summed E-state index contributed by atoms with van der Waals surface area (Å²) in [5.41, 5.74) is 2.73. The molecule has 0 spiro atoms. The normalized spacial score (nSPS) is 18.8. The lowest BCUT2D eigenvalue weighted by Gasteiger charge is -2.39. The van der Waals surface area contributed by atoms with E-state index in [0.717, 1.165) is 37.4 Å². The number of ether oxygens (including phenoxy) is 2. The SMILES string of the molecule is CN(Cc1ccc(N2CCOCC2)cc1)C(=O)C1(c2cccc(Cl)c2)CCOCC1. The van der Waals surface area contributed by atoms with Gasteiger partial charge in [0.2, 0.25) is 5.91 Å². The maximum atomic E-state index is 13.7. The highest BCUT2D eigenvalue weighted by molar-refractivity contribution is 6.30. The molecule has 5 nitrogen and oxygen atoms in total. The second kappa shape index (κ2) is 9.38. The fraction of sp³-hybridized carbons (Fsp3) is 0.458. The smallest absolute Gasteiger partial charge is 0.233 e. The van der Waals surface area contributed by atoms with Crippen LogP contribution < -0.4 is 4.90 Å². The third-order valence-electron chi connectivity index (χ3n) is 6.21. The maximum absolute atomic E-state index is 13.7. The summed E-state index contributed by atoms with van der Waals surface area (Å²) in [6.45, 7) is 5.12. The van der Waals surface area contributed by atoms with Gasteiger partial charge in [0.15, 0.2) is 0 Å². The number of carbonyl (C=O) groups excluding carboxylic acids is 1. The number of anilines is 1. The molecule has 160 valence electrons. The van der Waals surface area contributed by atoms with Gasteiger partial charge in [0, 0.05) is 50.6 Å². The van der Waals surface area contributed by atoms with Crippen molar-refractivity contribution in [3.8, 4) is 0 Å². The molecule has 0 aromatic heterocycles. The van der Waals surface area contributed by atoms with E-state index in [-0.39, 0.29) is 5.91 Å². The molecule has 0 radical (unpaired) electrons. The van der Waals surface area contributed by atoms with Crippen molar-refractivity contribution >= 4 is 23.2 Å². The Bertz CT molecular complexity index is 859. The van der Waals surface area contributed by atoms with Gasteiger partial charge in [-0.2, -0.15) is 0 Å². The molecule has 0 unspecified atom stereocenters. The van der Waals surface area contributed by atoms with E-state index in [9.17, 15) is 4.79 Å². The van der Waals surface area contributed by atoms with Crippen LogP contribution in [0.25, 0.3) is 0 Å². The number of likely N-dealkylation sites (N-methyl/N-ethyl adjacent to an activating group) is 1. The third kappa shape index (κ3) is 4.48. The van der Waals surface area contributed by atoms with Crippen LogP contribution in [0, 0.1) is 0 Å². The van der Waals surface area contributed by atoms with E-state index in [1.54, 1.807) is 0 Å². The molecular weight excluding hydrogens is 400 g/mol. The van der Waals surface area contributed by atoms with Gasteiger partial charge >= 0.3 is 0 Å². The molecule has 2 aromatic carbocycles. The van der Waals surface area contributed by atoms with Crippen LogP contribution >= 0.6 is 11.6 Å².